The van der Waals surface area contributed by atoms with Gasteiger partial charge in [-0.05, 0) is 122 Å². The van der Waals surface area contributed by atoms with Gasteiger partial charge in [0.15, 0.2) is 0 Å². The van der Waals surface area contributed by atoms with Crippen LogP contribution >= 0.6 is 0 Å². The average molecular weight is 801 g/mol. The highest BCUT2D eigenvalue weighted by atomic mass is 15.0. The van der Waals surface area contributed by atoms with Crippen LogP contribution in [0.3, 0.4) is 0 Å². The summed E-state index contributed by atoms with van der Waals surface area (Å²) in [6.45, 7) is 0. The molecule has 0 bridgehead atoms. The minimum absolute atomic E-state index is 0.163. The van der Waals surface area contributed by atoms with Gasteiger partial charge in [-0.3, -0.25) is 0 Å². The molecular formula is C61H40N2. The molecule has 2 aromatic heterocycles. The molecular weight excluding hydrogens is 761 g/mol. The van der Waals surface area contributed by atoms with Crippen LogP contribution in [0.4, 0.5) is 0 Å². The highest BCUT2D eigenvalue weighted by molar-refractivity contribution is 6.29. The maximum absolute atomic E-state index is 2.47. The van der Waals surface area contributed by atoms with Crippen molar-refractivity contribution in [2.45, 2.75) is 5.92 Å². The van der Waals surface area contributed by atoms with Crippen LogP contribution < -0.4 is 0 Å². The summed E-state index contributed by atoms with van der Waals surface area (Å²) in [7, 11) is 0. The highest BCUT2D eigenvalue weighted by Gasteiger charge is 2.30. The Balaban J connectivity index is 1.03. The van der Waals surface area contributed by atoms with Crippen molar-refractivity contribution in [3.05, 3.63) is 253 Å². The Morgan fingerprint density at radius 3 is 1.56 bits per heavy atom. The highest BCUT2D eigenvalue weighted by Crippen LogP contribution is 2.50. The van der Waals surface area contributed by atoms with Gasteiger partial charge in [0.1, 0.15) is 0 Å². The lowest BCUT2D eigenvalue weighted by Crippen LogP contribution is -1.99. The van der Waals surface area contributed by atoms with Crippen molar-refractivity contribution in [1.82, 2.24) is 9.13 Å². The summed E-state index contributed by atoms with van der Waals surface area (Å²) in [5.41, 5.74) is 21.1. The summed E-state index contributed by atoms with van der Waals surface area (Å²) in [5.74, 6) is 0.163. The first-order chi connectivity index (χ1) is 31.3. The first-order valence-corrected chi connectivity index (χ1v) is 21.9. The molecule has 1 aliphatic rings. The smallest absolute Gasteiger partial charge is 0.0548 e. The molecule has 0 saturated heterocycles. The molecule has 0 saturated carbocycles. The quantitative estimate of drug-likeness (QED) is 0.159. The molecule has 2 nitrogen and oxygen atoms in total. The van der Waals surface area contributed by atoms with E-state index in [1.807, 2.05) is 0 Å². The van der Waals surface area contributed by atoms with Gasteiger partial charge in [-0.1, -0.05) is 176 Å². The number of aromatic nitrogens is 2. The van der Waals surface area contributed by atoms with Gasteiger partial charge in [-0.15, -0.1) is 0 Å². The maximum atomic E-state index is 2.47. The van der Waals surface area contributed by atoms with E-state index < -0.39 is 0 Å². The zero-order chi connectivity index (χ0) is 41.4. The molecule has 0 amide bonds. The van der Waals surface area contributed by atoms with Crippen LogP contribution in [0, 0.1) is 0 Å². The Hall–Kier alpha value is -8.20. The lowest BCUT2D eigenvalue weighted by Gasteiger charge is -2.16. The molecule has 10 aromatic carbocycles. The predicted molar refractivity (Wildman–Crippen MR) is 264 cm³/mol. The van der Waals surface area contributed by atoms with Crippen LogP contribution in [0.5, 0.6) is 0 Å². The Morgan fingerprint density at radius 1 is 0.270 bits per heavy atom. The molecule has 12 aromatic rings. The third-order valence-electron chi connectivity index (χ3n) is 13.4. The number of benzene rings is 10. The van der Waals surface area contributed by atoms with Crippen LogP contribution in [0.25, 0.3) is 99.5 Å². The molecule has 0 fully saturated rings. The lowest BCUT2D eigenvalue weighted by atomic mass is 9.87. The van der Waals surface area contributed by atoms with Gasteiger partial charge >= 0.3 is 0 Å². The third kappa shape index (κ3) is 5.58. The first kappa shape index (κ1) is 35.5. The first-order valence-electron chi connectivity index (χ1n) is 21.9. The molecule has 0 N–H and O–H groups in total. The fourth-order valence-electron chi connectivity index (χ4n) is 10.6. The average Bonchev–Trinajstić information content (AvgIpc) is 4.00. The number of fused-ring (bicyclic) bond motifs is 10. The second kappa shape index (κ2) is 14.2. The summed E-state index contributed by atoms with van der Waals surface area (Å²) in [4.78, 5) is 0. The number of rotatable bonds is 6. The largest absolute Gasteiger partial charge is 0.309 e. The van der Waals surface area contributed by atoms with Crippen molar-refractivity contribution >= 4 is 43.6 Å². The SMILES string of the molecule is c1ccc(-c2cccc(C3c4ccccc4-c4cc(-c5ccc6c(c5)c5c7c8ccccc8n(-c8ccccc8)c7ccc5n6-c5cccc(-c6ccccc6)c5)ccc43)c2)cc1. The number of hydrogen-bond donors (Lipinski definition) is 0. The monoisotopic (exact) mass is 800 g/mol. The van der Waals surface area contributed by atoms with Gasteiger partial charge in [-0.25, -0.2) is 0 Å². The van der Waals surface area contributed by atoms with Crippen LogP contribution in [0.2, 0.25) is 0 Å². The van der Waals surface area contributed by atoms with Crippen LogP contribution in [0.15, 0.2) is 237 Å². The van der Waals surface area contributed by atoms with Crippen molar-refractivity contribution in [2.24, 2.45) is 0 Å². The fourth-order valence-corrected chi connectivity index (χ4v) is 10.6. The van der Waals surface area contributed by atoms with E-state index in [0.29, 0.717) is 0 Å². The van der Waals surface area contributed by atoms with Gasteiger partial charge in [0.25, 0.3) is 0 Å². The second-order valence-corrected chi connectivity index (χ2v) is 16.8. The molecule has 0 aliphatic heterocycles. The Kier molecular flexibility index (Phi) is 8.01. The number of para-hydroxylation sites is 2. The van der Waals surface area contributed by atoms with Gasteiger partial charge < -0.3 is 9.13 Å². The molecule has 2 heteroatoms. The molecule has 63 heavy (non-hydrogen) atoms. The Labute approximate surface area is 366 Å². The Morgan fingerprint density at radius 2 is 0.778 bits per heavy atom. The van der Waals surface area contributed by atoms with Gasteiger partial charge in [0, 0.05) is 38.8 Å². The van der Waals surface area contributed by atoms with Crippen LogP contribution in [-0.2, 0) is 0 Å². The summed E-state index contributed by atoms with van der Waals surface area (Å²) in [6.07, 6.45) is 0. The third-order valence-corrected chi connectivity index (χ3v) is 13.4. The molecule has 13 rings (SSSR count). The van der Waals surface area contributed by atoms with E-state index in [9.17, 15) is 0 Å². The van der Waals surface area contributed by atoms with Crippen LogP contribution in [-0.4, -0.2) is 9.13 Å². The molecule has 2 heterocycles. The predicted octanol–water partition coefficient (Wildman–Crippen LogP) is 16.0. The van der Waals surface area contributed by atoms with Gasteiger partial charge in [0.05, 0.1) is 22.1 Å². The topological polar surface area (TPSA) is 9.86 Å². The van der Waals surface area contributed by atoms with E-state index in [4.69, 9.17) is 0 Å². The lowest BCUT2D eigenvalue weighted by molar-refractivity contribution is 1.02. The molecule has 294 valence electrons. The zero-order valence-corrected chi connectivity index (χ0v) is 34.5. The van der Waals surface area contributed by atoms with Crippen molar-refractivity contribution in [2.75, 3.05) is 0 Å². The minimum atomic E-state index is 0.163. The molecule has 0 spiro atoms. The molecule has 1 atom stereocenters. The summed E-state index contributed by atoms with van der Waals surface area (Å²) < 4.78 is 4.90. The molecule has 1 unspecified atom stereocenters. The van der Waals surface area contributed by atoms with Crippen molar-refractivity contribution in [1.29, 1.82) is 0 Å². The normalized spacial score (nSPS) is 13.2. The van der Waals surface area contributed by atoms with Crippen molar-refractivity contribution < 1.29 is 0 Å². The van der Waals surface area contributed by atoms with E-state index in [-0.39, 0.29) is 5.92 Å². The molecule has 1 aliphatic carbocycles. The van der Waals surface area contributed by atoms with E-state index in [1.165, 1.54) is 105 Å². The second-order valence-electron chi connectivity index (χ2n) is 16.8. The van der Waals surface area contributed by atoms with E-state index in [2.05, 4.69) is 246 Å². The maximum Gasteiger partial charge on any atom is 0.0548 e. The van der Waals surface area contributed by atoms with Crippen molar-refractivity contribution in [3.8, 4) is 55.9 Å². The van der Waals surface area contributed by atoms with Gasteiger partial charge in [0.2, 0.25) is 0 Å². The standard InChI is InChI=1S/C61H40N2/c1-4-16-40(17-5-1)42-20-14-22-46(36-42)59-50-27-11-10-26-49(50)53-38-44(30-32-51(53)59)45-31-33-56-54(39-45)61-58(63(56)48-25-15-21-43(37-48)41-18-6-2-7-19-41)35-34-57-60(61)52-28-12-13-29-55(52)62(57)47-23-8-3-9-24-47/h1-39,59H. The summed E-state index contributed by atoms with van der Waals surface area (Å²) >= 11 is 0. The van der Waals surface area contributed by atoms with Gasteiger partial charge in [-0.2, -0.15) is 0 Å². The number of nitrogens with zero attached hydrogens (tertiary/aromatic N) is 2. The fraction of sp³-hybridized carbons (Fsp3) is 0.0164. The number of hydrogen-bond acceptors (Lipinski definition) is 0. The van der Waals surface area contributed by atoms with Crippen LogP contribution in [0.1, 0.15) is 22.6 Å². The molecule has 0 radical (unpaired) electrons. The van der Waals surface area contributed by atoms with E-state index >= 15 is 0 Å². The van der Waals surface area contributed by atoms with E-state index in [1.54, 1.807) is 0 Å². The summed E-state index contributed by atoms with van der Waals surface area (Å²) in [6, 6.07) is 87.2. The summed E-state index contributed by atoms with van der Waals surface area (Å²) in [5, 5.41) is 5.03. The van der Waals surface area contributed by atoms with E-state index in [0.717, 1.165) is 11.4 Å². The minimum Gasteiger partial charge on any atom is -0.309 e. The Bertz CT molecular complexity index is 3720. The van der Waals surface area contributed by atoms with Crippen molar-refractivity contribution in [3.63, 3.8) is 0 Å². The zero-order valence-electron chi connectivity index (χ0n) is 34.5.